The maximum atomic E-state index is 4.79. The summed E-state index contributed by atoms with van der Waals surface area (Å²) in [6, 6.07) is 9.85. The van der Waals surface area contributed by atoms with E-state index < -0.39 is 0 Å². The van der Waals surface area contributed by atoms with E-state index in [1.54, 1.807) is 6.20 Å². The predicted molar refractivity (Wildman–Crippen MR) is 110 cm³/mol. The Morgan fingerprint density at radius 3 is 2.48 bits per heavy atom. The van der Waals surface area contributed by atoms with Crippen molar-refractivity contribution < 1.29 is 0 Å². The molecule has 146 valence electrons. The van der Waals surface area contributed by atoms with E-state index in [-0.39, 0.29) is 0 Å². The van der Waals surface area contributed by atoms with E-state index in [1.165, 1.54) is 0 Å². The van der Waals surface area contributed by atoms with Crippen LogP contribution < -0.4 is 4.90 Å². The van der Waals surface area contributed by atoms with Gasteiger partial charge in [-0.1, -0.05) is 0 Å². The zero-order valence-electron chi connectivity index (χ0n) is 16.5. The second kappa shape index (κ2) is 7.20. The van der Waals surface area contributed by atoms with Crippen molar-refractivity contribution in [1.82, 2.24) is 34.8 Å². The number of hydrogen-bond acceptors (Lipinski definition) is 7. The minimum atomic E-state index is 0.309. The molecule has 4 aromatic heterocycles. The third-order valence-electron chi connectivity index (χ3n) is 5.36. The number of hydrogen-bond donors (Lipinski definition) is 0. The van der Waals surface area contributed by atoms with Crippen molar-refractivity contribution in [3.63, 3.8) is 0 Å². The highest BCUT2D eigenvalue weighted by molar-refractivity contribution is 5.58. The van der Waals surface area contributed by atoms with Crippen LogP contribution in [0.1, 0.15) is 36.0 Å². The second-order valence-electron chi connectivity index (χ2n) is 7.50. The molecule has 8 nitrogen and oxygen atoms in total. The molecule has 0 bridgehead atoms. The van der Waals surface area contributed by atoms with Gasteiger partial charge in [0.2, 0.25) is 5.95 Å². The minimum Gasteiger partial charge on any atom is -0.341 e. The first-order valence-electron chi connectivity index (χ1n) is 9.87. The molecule has 4 aromatic rings. The molecule has 1 aliphatic rings. The van der Waals surface area contributed by atoms with E-state index in [2.05, 4.69) is 30.0 Å². The number of nitrogens with zero attached hydrogens (tertiary/aromatic N) is 8. The first-order chi connectivity index (χ1) is 14.2. The van der Waals surface area contributed by atoms with E-state index in [4.69, 9.17) is 5.10 Å². The van der Waals surface area contributed by atoms with Gasteiger partial charge in [-0.2, -0.15) is 9.61 Å². The number of aryl methyl sites for hydroxylation is 2. The van der Waals surface area contributed by atoms with Crippen molar-refractivity contribution in [1.29, 1.82) is 0 Å². The Morgan fingerprint density at radius 2 is 1.76 bits per heavy atom. The predicted octanol–water partition coefficient (Wildman–Crippen LogP) is 2.98. The summed E-state index contributed by atoms with van der Waals surface area (Å²) in [5, 5.41) is 13.6. The molecule has 0 amide bonds. The molecule has 29 heavy (non-hydrogen) atoms. The second-order valence-corrected chi connectivity index (χ2v) is 7.50. The van der Waals surface area contributed by atoms with Crippen LogP contribution in [0.25, 0.3) is 16.9 Å². The summed E-state index contributed by atoms with van der Waals surface area (Å²) in [5.41, 5.74) is 4.63. The Morgan fingerprint density at radius 1 is 0.966 bits per heavy atom. The van der Waals surface area contributed by atoms with Crippen molar-refractivity contribution in [2.75, 3.05) is 18.0 Å². The van der Waals surface area contributed by atoms with Gasteiger partial charge < -0.3 is 4.90 Å². The average Bonchev–Trinajstić information content (AvgIpc) is 3.17. The lowest BCUT2D eigenvalue weighted by atomic mass is 9.96. The maximum absolute atomic E-state index is 4.79. The quantitative estimate of drug-likeness (QED) is 0.535. The molecule has 8 heteroatoms. The summed E-state index contributed by atoms with van der Waals surface area (Å²) < 4.78 is 1.88. The van der Waals surface area contributed by atoms with Crippen LogP contribution in [0.5, 0.6) is 0 Å². The lowest BCUT2D eigenvalue weighted by molar-refractivity contribution is 0.472. The number of pyridine rings is 1. The fraction of sp³-hybridized carbons (Fsp3) is 0.333. The van der Waals surface area contributed by atoms with Crippen LogP contribution in [-0.2, 0) is 0 Å². The van der Waals surface area contributed by atoms with Gasteiger partial charge in [-0.25, -0.2) is 9.97 Å². The van der Waals surface area contributed by atoms with Crippen molar-refractivity contribution in [2.45, 2.75) is 32.6 Å². The fourth-order valence-corrected chi connectivity index (χ4v) is 3.91. The van der Waals surface area contributed by atoms with Crippen LogP contribution in [0.15, 0.2) is 42.7 Å². The topological polar surface area (TPSA) is 85.0 Å². The summed E-state index contributed by atoms with van der Waals surface area (Å²) in [6.07, 6.45) is 5.52. The van der Waals surface area contributed by atoms with Crippen molar-refractivity contribution in [3.05, 3.63) is 59.9 Å². The van der Waals surface area contributed by atoms with Crippen LogP contribution in [0.2, 0.25) is 0 Å². The Balaban J connectivity index is 1.39. The number of fused-ring (bicyclic) bond motifs is 1. The van der Waals surface area contributed by atoms with E-state index in [9.17, 15) is 0 Å². The number of piperidine rings is 1. The lowest BCUT2D eigenvalue weighted by Crippen LogP contribution is -2.35. The Bertz CT molecular complexity index is 1130. The van der Waals surface area contributed by atoms with Gasteiger partial charge in [0.15, 0.2) is 11.5 Å². The average molecular weight is 386 g/mol. The summed E-state index contributed by atoms with van der Waals surface area (Å²) in [7, 11) is 0. The smallest absolute Gasteiger partial charge is 0.225 e. The van der Waals surface area contributed by atoms with Crippen LogP contribution >= 0.6 is 0 Å². The lowest BCUT2D eigenvalue weighted by Gasteiger charge is -2.31. The van der Waals surface area contributed by atoms with Gasteiger partial charge in [-0.05, 0) is 57.0 Å². The molecule has 1 fully saturated rings. The summed E-state index contributed by atoms with van der Waals surface area (Å²) in [5.74, 6) is 2.06. The number of anilines is 1. The molecule has 0 aliphatic carbocycles. The maximum Gasteiger partial charge on any atom is 0.225 e. The van der Waals surface area contributed by atoms with E-state index in [0.717, 1.165) is 66.0 Å². The van der Waals surface area contributed by atoms with E-state index in [0.29, 0.717) is 5.92 Å². The Labute approximate surface area is 168 Å². The zero-order valence-corrected chi connectivity index (χ0v) is 16.5. The molecule has 0 unspecified atom stereocenters. The number of rotatable bonds is 3. The summed E-state index contributed by atoms with van der Waals surface area (Å²) in [4.78, 5) is 15.7. The molecule has 1 aliphatic heterocycles. The first-order valence-corrected chi connectivity index (χ1v) is 9.87. The molecule has 1 saturated heterocycles. The minimum absolute atomic E-state index is 0.309. The molecule has 0 spiro atoms. The van der Waals surface area contributed by atoms with Gasteiger partial charge in [0.05, 0.1) is 5.69 Å². The molecule has 5 heterocycles. The van der Waals surface area contributed by atoms with Gasteiger partial charge in [0, 0.05) is 48.4 Å². The summed E-state index contributed by atoms with van der Waals surface area (Å²) >= 11 is 0. The highest BCUT2D eigenvalue weighted by atomic mass is 15.4. The third-order valence-corrected chi connectivity index (χ3v) is 5.36. The molecular formula is C21H22N8. The number of aromatic nitrogens is 7. The van der Waals surface area contributed by atoms with Gasteiger partial charge >= 0.3 is 0 Å². The molecule has 0 radical (unpaired) electrons. The molecule has 5 rings (SSSR count). The highest BCUT2D eigenvalue weighted by Crippen LogP contribution is 2.29. The monoisotopic (exact) mass is 386 g/mol. The normalized spacial score (nSPS) is 15.2. The van der Waals surface area contributed by atoms with Gasteiger partial charge in [-0.15, -0.1) is 10.2 Å². The SMILES string of the molecule is Cc1cc(C)nc(N2CCC(c3nnc4ccc(-c5cccnc5)nn34)CC2)n1. The molecule has 0 saturated carbocycles. The van der Waals surface area contributed by atoms with Crippen molar-refractivity contribution in [2.24, 2.45) is 0 Å². The fourth-order valence-electron chi connectivity index (χ4n) is 3.91. The first kappa shape index (κ1) is 17.7. The highest BCUT2D eigenvalue weighted by Gasteiger charge is 2.26. The van der Waals surface area contributed by atoms with Gasteiger partial charge in [0.25, 0.3) is 0 Å². The Hall–Kier alpha value is -3.42. The van der Waals surface area contributed by atoms with Crippen molar-refractivity contribution in [3.8, 4) is 11.3 Å². The Kier molecular flexibility index (Phi) is 4.38. The van der Waals surface area contributed by atoms with E-state index in [1.807, 2.05) is 54.9 Å². The summed E-state index contributed by atoms with van der Waals surface area (Å²) in [6.45, 7) is 5.81. The largest absolute Gasteiger partial charge is 0.341 e. The van der Waals surface area contributed by atoms with Crippen LogP contribution in [0.3, 0.4) is 0 Å². The van der Waals surface area contributed by atoms with Crippen LogP contribution in [0, 0.1) is 13.8 Å². The molecule has 0 aromatic carbocycles. The zero-order chi connectivity index (χ0) is 19.8. The van der Waals surface area contributed by atoms with Crippen molar-refractivity contribution >= 4 is 11.6 Å². The molecular weight excluding hydrogens is 364 g/mol. The van der Waals surface area contributed by atoms with Crippen LogP contribution in [0.4, 0.5) is 5.95 Å². The van der Waals surface area contributed by atoms with Crippen LogP contribution in [-0.4, -0.2) is 47.9 Å². The van der Waals surface area contributed by atoms with E-state index >= 15 is 0 Å². The molecule has 0 atom stereocenters. The van der Waals surface area contributed by atoms with Gasteiger partial charge in [0.1, 0.15) is 0 Å². The standard InChI is InChI=1S/C21H22N8/c1-14-12-15(2)24-21(23-14)28-10-7-16(8-11-28)20-26-25-19-6-5-18(27-29(19)20)17-4-3-9-22-13-17/h3-6,9,12-13,16H,7-8,10-11H2,1-2H3. The molecule has 0 N–H and O–H groups in total. The third kappa shape index (κ3) is 3.41. The van der Waals surface area contributed by atoms with Gasteiger partial charge in [-0.3, -0.25) is 4.98 Å².